The molecule has 20 heavy (non-hydrogen) atoms. The fraction of sp³-hybridized carbons (Fsp3) is 1.00. The SMILES string of the molecule is CCC1CNC(C(C)(C)C)CN1CCS(=O)(=O)C(C)C. The summed E-state index contributed by atoms with van der Waals surface area (Å²) in [6, 6.07) is 0.878. The van der Waals surface area contributed by atoms with Crippen LogP contribution < -0.4 is 5.32 Å². The zero-order valence-corrected chi connectivity index (χ0v) is 14.8. The van der Waals surface area contributed by atoms with Gasteiger partial charge >= 0.3 is 0 Å². The maximum atomic E-state index is 12.0. The van der Waals surface area contributed by atoms with Crippen LogP contribution in [0, 0.1) is 5.41 Å². The summed E-state index contributed by atoms with van der Waals surface area (Å²) in [5.41, 5.74) is 0.202. The second-order valence-corrected chi connectivity index (χ2v) is 9.98. The first kappa shape index (κ1) is 17.9. The minimum atomic E-state index is -2.94. The summed E-state index contributed by atoms with van der Waals surface area (Å²) in [6.07, 6.45) is 1.06. The molecule has 0 amide bonds. The van der Waals surface area contributed by atoms with Gasteiger partial charge < -0.3 is 5.32 Å². The van der Waals surface area contributed by atoms with Crippen LogP contribution in [0.2, 0.25) is 0 Å². The van der Waals surface area contributed by atoms with E-state index in [1.165, 1.54) is 0 Å². The molecule has 2 unspecified atom stereocenters. The molecule has 5 heteroatoms. The molecule has 0 aromatic rings. The Morgan fingerprint density at radius 1 is 1.30 bits per heavy atom. The van der Waals surface area contributed by atoms with Crippen LogP contribution in [0.5, 0.6) is 0 Å². The molecule has 1 heterocycles. The molecule has 1 fully saturated rings. The lowest BCUT2D eigenvalue weighted by Gasteiger charge is -2.45. The predicted molar refractivity (Wildman–Crippen MR) is 85.8 cm³/mol. The molecule has 120 valence electrons. The number of rotatable bonds is 5. The highest BCUT2D eigenvalue weighted by Crippen LogP contribution is 2.24. The lowest BCUT2D eigenvalue weighted by molar-refractivity contribution is 0.0890. The lowest BCUT2D eigenvalue weighted by Crippen LogP contribution is -2.60. The molecule has 1 N–H and O–H groups in total. The molecule has 4 nitrogen and oxygen atoms in total. The molecule has 1 saturated heterocycles. The number of piperazine rings is 1. The Bertz CT molecular complexity index is 399. The summed E-state index contributed by atoms with van der Waals surface area (Å²) >= 11 is 0. The average molecular weight is 304 g/mol. The molecule has 0 bridgehead atoms. The van der Waals surface area contributed by atoms with Crippen LogP contribution in [0.4, 0.5) is 0 Å². The molecule has 1 aliphatic heterocycles. The summed E-state index contributed by atoms with van der Waals surface area (Å²) < 4.78 is 24.0. The minimum absolute atomic E-state index is 0.202. The fourth-order valence-corrected chi connectivity index (χ4v) is 3.55. The van der Waals surface area contributed by atoms with Crippen molar-refractivity contribution in [1.82, 2.24) is 10.2 Å². The summed E-state index contributed by atoms with van der Waals surface area (Å²) in [6.45, 7) is 15.0. The van der Waals surface area contributed by atoms with E-state index in [9.17, 15) is 8.42 Å². The molecular formula is C15H32N2O2S. The van der Waals surface area contributed by atoms with Gasteiger partial charge in [0.05, 0.1) is 11.0 Å². The van der Waals surface area contributed by atoms with Crippen LogP contribution in [0.25, 0.3) is 0 Å². The average Bonchev–Trinajstić information content (AvgIpc) is 2.34. The summed E-state index contributed by atoms with van der Waals surface area (Å²) in [5.74, 6) is 0.276. The topological polar surface area (TPSA) is 49.4 Å². The zero-order valence-electron chi connectivity index (χ0n) is 13.9. The van der Waals surface area contributed by atoms with Gasteiger partial charge in [0.25, 0.3) is 0 Å². The van der Waals surface area contributed by atoms with E-state index in [1.54, 1.807) is 13.8 Å². The van der Waals surface area contributed by atoms with Crippen LogP contribution in [0.15, 0.2) is 0 Å². The third-order valence-electron chi connectivity index (χ3n) is 4.43. The number of nitrogens with zero attached hydrogens (tertiary/aromatic N) is 1. The normalized spacial score (nSPS) is 26.1. The van der Waals surface area contributed by atoms with Gasteiger partial charge in [-0.25, -0.2) is 8.42 Å². The summed E-state index contributed by atoms with van der Waals surface area (Å²) in [5, 5.41) is 3.34. The minimum Gasteiger partial charge on any atom is -0.311 e. The number of nitrogens with one attached hydrogen (secondary N) is 1. The van der Waals surface area contributed by atoms with Crippen LogP contribution in [-0.2, 0) is 9.84 Å². The number of sulfone groups is 1. The van der Waals surface area contributed by atoms with Crippen molar-refractivity contribution < 1.29 is 8.42 Å². The Morgan fingerprint density at radius 2 is 1.90 bits per heavy atom. The van der Waals surface area contributed by atoms with Gasteiger partial charge in [-0.3, -0.25) is 4.90 Å². The van der Waals surface area contributed by atoms with E-state index in [4.69, 9.17) is 0 Å². The Labute approximate surface area is 125 Å². The summed E-state index contributed by atoms with van der Waals surface area (Å²) in [7, 11) is -2.94. The Kier molecular flexibility index (Phi) is 6.05. The van der Waals surface area contributed by atoms with Crippen LogP contribution in [0.1, 0.15) is 48.0 Å². The third kappa shape index (κ3) is 4.71. The molecule has 1 rings (SSSR count). The Morgan fingerprint density at radius 3 is 2.35 bits per heavy atom. The van der Waals surface area contributed by atoms with Gasteiger partial charge in [0.15, 0.2) is 9.84 Å². The highest BCUT2D eigenvalue weighted by atomic mass is 32.2. The molecule has 0 spiro atoms. The first-order valence-electron chi connectivity index (χ1n) is 7.77. The monoisotopic (exact) mass is 304 g/mol. The van der Waals surface area contributed by atoms with Gasteiger partial charge in [0, 0.05) is 31.7 Å². The number of hydrogen-bond donors (Lipinski definition) is 1. The van der Waals surface area contributed by atoms with Crippen molar-refractivity contribution in [3.05, 3.63) is 0 Å². The van der Waals surface area contributed by atoms with Crippen molar-refractivity contribution >= 4 is 9.84 Å². The molecule has 0 radical (unpaired) electrons. The van der Waals surface area contributed by atoms with Crippen molar-refractivity contribution in [1.29, 1.82) is 0 Å². The van der Waals surface area contributed by atoms with E-state index in [1.807, 2.05) is 0 Å². The predicted octanol–water partition coefficient (Wildman–Crippen LogP) is 1.91. The fourth-order valence-electron chi connectivity index (χ4n) is 2.59. The van der Waals surface area contributed by atoms with Crippen LogP contribution in [0.3, 0.4) is 0 Å². The Hall–Kier alpha value is -0.130. The maximum Gasteiger partial charge on any atom is 0.153 e. The molecule has 2 atom stereocenters. The van der Waals surface area contributed by atoms with E-state index in [0.29, 0.717) is 18.6 Å². The van der Waals surface area contributed by atoms with Crippen LogP contribution in [-0.4, -0.2) is 56.0 Å². The first-order valence-corrected chi connectivity index (χ1v) is 9.48. The summed E-state index contributed by atoms with van der Waals surface area (Å²) in [4.78, 5) is 2.37. The highest BCUT2D eigenvalue weighted by Gasteiger charge is 2.33. The first-order chi connectivity index (χ1) is 9.08. The van der Waals surface area contributed by atoms with Crippen molar-refractivity contribution in [2.75, 3.05) is 25.4 Å². The van der Waals surface area contributed by atoms with E-state index in [0.717, 1.165) is 19.5 Å². The molecule has 0 aromatic carbocycles. The molecule has 0 aliphatic carbocycles. The van der Waals surface area contributed by atoms with Crippen LogP contribution >= 0.6 is 0 Å². The molecule has 1 aliphatic rings. The van der Waals surface area contributed by atoms with Gasteiger partial charge in [-0.1, -0.05) is 27.7 Å². The van der Waals surface area contributed by atoms with Crippen molar-refractivity contribution in [2.24, 2.45) is 5.41 Å². The molecular weight excluding hydrogens is 272 g/mol. The van der Waals surface area contributed by atoms with Crippen molar-refractivity contribution in [2.45, 2.75) is 65.3 Å². The molecule has 0 aromatic heterocycles. The lowest BCUT2D eigenvalue weighted by atomic mass is 9.84. The van der Waals surface area contributed by atoms with E-state index < -0.39 is 9.84 Å². The van der Waals surface area contributed by atoms with Crippen molar-refractivity contribution in [3.8, 4) is 0 Å². The largest absolute Gasteiger partial charge is 0.311 e. The van der Waals surface area contributed by atoms with E-state index in [2.05, 4.69) is 37.9 Å². The number of hydrogen-bond acceptors (Lipinski definition) is 4. The standard InChI is InChI=1S/C15H32N2O2S/c1-7-13-10-16-14(15(4,5)6)11-17(13)8-9-20(18,19)12(2)3/h12-14,16H,7-11H2,1-6H3. The van der Waals surface area contributed by atoms with E-state index in [-0.39, 0.29) is 16.4 Å². The maximum absolute atomic E-state index is 12.0. The zero-order chi connectivity index (χ0) is 15.6. The van der Waals surface area contributed by atoms with E-state index >= 15 is 0 Å². The smallest absolute Gasteiger partial charge is 0.153 e. The van der Waals surface area contributed by atoms with Gasteiger partial charge in [0.1, 0.15) is 0 Å². The van der Waals surface area contributed by atoms with Gasteiger partial charge in [-0.05, 0) is 25.7 Å². The second-order valence-electron chi connectivity index (χ2n) is 7.30. The Balaban J connectivity index is 2.69. The third-order valence-corrected chi connectivity index (χ3v) is 6.62. The van der Waals surface area contributed by atoms with Gasteiger partial charge in [-0.15, -0.1) is 0 Å². The van der Waals surface area contributed by atoms with Gasteiger partial charge in [0.2, 0.25) is 0 Å². The quantitative estimate of drug-likeness (QED) is 0.843. The molecule has 0 saturated carbocycles. The van der Waals surface area contributed by atoms with Crippen molar-refractivity contribution in [3.63, 3.8) is 0 Å². The van der Waals surface area contributed by atoms with Gasteiger partial charge in [-0.2, -0.15) is 0 Å². The second kappa shape index (κ2) is 6.75. The highest BCUT2D eigenvalue weighted by molar-refractivity contribution is 7.92.